The first-order valence-corrected chi connectivity index (χ1v) is 11.2. The van der Waals surface area contributed by atoms with Gasteiger partial charge in [0.05, 0.1) is 24.2 Å². The van der Waals surface area contributed by atoms with Crippen LogP contribution in [0.25, 0.3) is 0 Å². The van der Waals surface area contributed by atoms with Crippen LogP contribution in [0.3, 0.4) is 0 Å². The Morgan fingerprint density at radius 1 is 1.21 bits per heavy atom. The molecule has 1 saturated heterocycles. The molecule has 0 unspecified atom stereocenters. The molecule has 0 spiro atoms. The number of esters is 1. The molecule has 9 heteroatoms. The third-order valence-corrected chi connectivity index (χ3v) is 6.94. The van der Waals surface area contributed by atoms with Crippen LogP contribution < -0.4 is 5.32 Å². The van der Waals surface area contributed by atoms with Gasteiger partial charge in [-0.2, -0.15) is 4.31 Å². The number of amides is 1. The normalized spacial score (nSPS) is 22.5. The number of sulfonamides is 1. The fourth-order valence-corrected chi connectivity index (χ4v) is 4.87. The zero-order valence-electron chi connectivity index (χ0n) is 17.5. The van der Waals surface area contributed by atoms with Crippen molar-refractivity contribution in [3.05, 3.63) is 29.8 Å². The Kier molecular flexibility index (Phi) is 7.79. The Balaban J connectivity index is 2.16. The third kappa shape index (κ3) is 5.55. The van der Waals surface area contributed by atoms with Crippen LogP contribution in [0, 0.1) is 5.92 Å². The van der Waals surface area contributed by atoms with Gasteiger partial charge in [-0.25, -0.2) is 13.2 Å². The molecule has 4 atom stereocenters. The number of hydrogen-bond donors (Lipinski definition) is 1. The maximum absolute atomic E-state index is 12.9. The Labute approximate surface area is 172 Å². The lowest BCUT2D eigenvalue weighted by Gasteiger charge is -2.34. The first-order chi connectivity index (χ1) is 13.6. The molecule has 1 aliphatic heterocycles. The van der Waals surface area contributed by atoms with Crippen LogP contribution >= 0.6 is 0 Å². The van der Waals surface area contributed by atoms with Crippen LogP contribution in [0.4, 0.5) is 0 Å². The molecule has 0 aliphatic carbocycles. The molecule has 162 valence electrons. The molecular weight excluding hydrogens is 396 g/mol. The number of ether oxygens (including phenoxy) is 2. The molecule has 1 heterocycles. The molecule has 1 aromatic rings. The second-order valence-electron chi connectivity index (χ2n) is 7.46. The minimum absolute atomic E-state index is 0.101. The van der Waals surface area contributed by atoms with Gasteiger partial charge in [-0.3, -0.25) is 4.79 Å². The van der Waals surface area contributed by atoms with Gasteiger partial charge in [0.2, 0.25) is 10.0 Å². The van der Waals surface area contributed by atoms with E-state index in [2.05, 4.69) is 5.32 Å². The number of carbonyl (C=O) groups excluding carboxylic acids is 2. The van der Waals surface area contributed by atoms with Crippen molar-refractivity contribution < 1.29 is 27.5 Å². The summed E-state index contributed by atoms with van der Waals surface area (Å²) in [6, 6.07) is 4.94. The van der Waals surface area contributed by atoms with Gasteiger partial charge in [0.25, 0.3) is 5.91 Å². The molecule has 8 nitrogen and oxygen atoms in total. The van der Waals surface area contributed by atoms with Crippen molar-refractivity contribution in [3.8, 4) is 0 Å². The molecule has 29 heavy (non-hydrogen) atoms. The summed E-state index contributed by atoms with van der Waals surface area (Å²) in [5.41, 5.74) is 0.268. The van der Waals surface area contributed by atoms with E-state index in [0.29, 0.717) is 6.42 Å². The minimum Gasteiger partial charge on any atom is -0.467 e. The highest BCUT2D eigenvalue weighted by molar-refractivity contribution is 7.89. The van der Waals surface area contributed by atoms with Crippen molar-refractivity contribution in [2.24, 2.45) is 5.92 Å². The number of benzene rings is 1. The lowest BCUT2D eigenvalue weighted by molar-refractivity contribution is -0.144. The van der Waals surface area contributed by atoms with E-state index in [1.54, 1.807) is 0 Å². The summed E-state index contributed by atoms with van der Waals surface area (Å²) in [5, 5.41) is 2.68. The van der Waals surface area contributed by atoms with Crippen LogP contribution in [-0.2, 0) is 24.3 Å². The second kappa shape index (κ2) is 9.69. The van der Waals surface area contributed by atoms with Gasteiger partial charge >= 0.3 is 5.97 Å². The number of rotatable bonds is 7. The van der Waals surface area contributed by atoms with Gasteiger partial charge in [0.15, 0.2) is 0 Å². The summed E-state index contributed by atoms with van der Waals surface area (Å²) in [6.45, 7) is 8.00. The summed E-state index contributed by atoms with van der Waals surface area (Å²) >= 11 is 0. The predicted molar refractivity (Wildman–Crippen MR) is 108 cm³/mol. The van der Waals surface area contributed by atoms with E-state index < -0.39 is 27.9 Å². The minimum atomic E-state index is -3.68. The SMILES string of the molecule is CC[C@@H](C)[C@@H](NC(=O)c1ccc(S(=O)(=O)N2C[C@@H](C)O[C@@H](C)C2)cc1)C(=O)OC. The molecule has 1 N–H and O–H groups in total. The van der Waals surface area contributed by atoms with E-state index in [-0.39, 0.29) is 41.7 Å². The van der Waals surface area contributed by atoms with Crippen molar-refractivity contribution >= 4 is 21.9 Å². The van der Waals surface area contributed by atoms with E-state index in [1.807, 2.05) is 27.7 Å². The number of hydrogen-bond acceptors (Lipinski definition) is 6. The summed E-state index contributed by atoms with van der Waals surface area (Å²) in [6.07, 6.45) is 0.317. The number of methoxy groups -OCH3 is 1. The van der Waals surface area contributed by atoms with Crippen molar-refractivity contribution in [1.82, 2.24) is 9.62 Å². The van der Waals surface area contributed by atoms with Crippen LogP contribution in [0.15, 0.2) is 29.2 Å². The third-order valence-electron chi connectivity index (χ3n) is 5.10. The molecule has 1 aliphatic rings. The van der Waals surface area contributed by atoms with Crippen molar-refractivity contribution in [2.45, 2.75) is 57.3 Å². The first-order valence-electron chi connectivity index (χ1n) is 9.74. The van der Waals surface area contributed by atoms with Gasteiger partial charge in [-0.15, -0.1) is 0 Å². The van der Waals surface area contributed by atoms with Gasteiger partial charge in [-0.1, -0.05) is 20.3 Å². The second-order valence-corrected chi connectivity index (χ2v) is 9.40. The zero-order chi connectivity index (χ0) is 21.8. The number of nitrogens with zero attached hydrogens (tertiary/aromatic N) is 1. The van der Waals surface area contributed by atoms with Gasteiger partial charge in [-0.05, 0) is 44.0 Å². The molecule has 1 aromatic carbocycles. The highest BCUT2D eigenvalue weighted by atomic mass is 32.2. The van der Waals surface area contributed by atoms with Crippen molar-refractivity contribution in [1.29, 1.82) is 0 Å². The summed E-state index contributed by atoms with van der Waals surface area (Å²) in [4.78, 5) is 24.6. The molecule has 0 bridgehead atoms. The van der Waals surface area contributed by atoms with E-state index in [0.717, 1.165) is 0 Å². The van der Waals surface area contributed by atoms with E-state index in [9.17, 15) is 18.0 Å². The molecule has 1 amide bonds. The van der Waals surface area contributed by atoms with Crippen LogP contribution in [-0.4, -0.2) is 63.0 Å². The lowest BCUT2D eigenvalue weighted by atomic mass is 9.99. The van der Waals surface area contributed by atoms with E-state index in [1.165, 1.54) is 35.7 Å². The average molecular weight is 427 g/mol. The highest BCUT2D eigenvalue weighted by Crippen LogP contribution is 2.21. The van der Waals surface area contributed by atoms with Gasteiger partial charge in [0.1, 0.15) is 6.04 Å². The lowest BCUT2D eigenvalue weighted by Crippen LogP contribution is -2.48. The Bertz CT molecular complexity index is 814. The first kappa shape index (κ1) is 23.3. The maximum Gasteiger partial charge on any atom is 0.328 e. The highest BCUT2D eigenvalue weighted by Gasteiger charge is 2.32. The number of nitrogens with one attached hydrogen (secondary N) is 1. The molecule has 0 radical (unpaired) electrons. The Hall–Kier alpha value is -1.97. The summed E-state index contributed by atoms with van der Waals surface area (Å²) < 4.78 is 37.6. The van der Waals surface area contributed by atoms with Crippen LogP contribution in [0.1, 0.15) is 44.5 Å². The fraction of sp³-hybridized carbons (Fsp3) is 0.600. The molecule has 2 rings (SSSR count). The molecular formula is C20H30N2O6S. The molecule has 0 saturated carbocycles. The summed E-state index contributed by atoms with van der Waals surface area (Å²) in [5.74, 6) is -1.07. The van der Waals surface area contributed by atoms with Crippen LogP contribution in [0.5, 0.6) is 0 Å². The number of morpholine rings is 1. The zero-order valence-corrected chi connectivity index (χ0v) is 18.4. The predicted octanol–water partition coefficient (Wildman–Crippen LogP) is 1.80. The van der Waals surface area contributed by atoms with E-state index in [4.69, 9.17) is 9.47 Å². The van der Waals surface area contributed by atoms with E-state index >= 15 is 0 Å². The Morgan fingerprint density at radius 3 is 2.24 bits per heavy atom. The van der Waals surface area contributed by atoms with Crippen LogP contribution in [0.2, 0.25) is 0 Å². The van der Waals surface area contributed by atoms with Gasteiger partial charge < -0.3 is 14.8 Å². The molecule has 1 fully saturated rings. The van der Waals surface area contributed by atoms with Gasteiger partial charge in [0, 0.05) is 18.7 Å². The molecule has 0 aromatic heterocycles. The summed E-state index contributed by atoms with van der Waals surface area (Å²) in [7, 11) is -2.41. The smallest absolute Gasteiger partial charge is 0.328 e. The fourth-order valence-electron chi connectivity index (χ4n) is 3.28. The average Bonchev–Trinajstić information content (AvgIpc) is 2.70. The van der Waals surface area contributed by atoms with Crippen molar-refractivity contribution in [2.75, 3.05) is 20.2 Å². The number of carbonyl (C=O) groups is 2. The topological polar surface area (TPSA) is 102 Å². The monoisotopic (exact) mass is 426 g/mol. The quantitative estimate of drug-likeness (QED) is 0.667. The maximum atomic E-state index is 12.9. The Morgan fingerprint density at radius 2 is 1.76 bits per heavy atom. The van der Waals surface area contributed by atoms with Crippen molar-refractivity contribution in [3.63, 3.8) is 0 Å². The largest absolute Gasteiger partial charge is 0.467 e. The standard InChI is InChI=1S/C20H30N2O6S/c1-6-13(2)18(20(24)27-5)21-19(23)16-7-9-17(10-8-16)29(25,26)22-11-14(3)28-15(4)12-22/h7-10,13-15,18H,6,11-12H2,1-5H3,(H,21,23)/t13-,14-,15+,18-/m1/s1.